The molecule has 0 saturated heterocycles. The van der Waals surface area contributed by atoms with Crippen molar-refractivity contribution in [1.29, 1.82) is 0 Å². The minimum atomic E-state index is -0.555. The zero-order valence-corrected chi connectivity index (χ0v) is 11.8. The maximum absolute atomic E-state index is 11.7. The highest BCUT2D eigenvalue weighted by Gasteiger charge is 2.11. The Hall–Kier alpha value is -1.97. The number of carbonyl (C=O) groups is 1. The number of carbonyl (C=O) groups excluding carboxylic acids is 1. The van der Waals surface area contributed by atoms with Gasteiger partial charge in [-0.05, 0) is 46.9 Å². The summed E-state index contributed by atoms with van der Waals surface area (Å²) in [4.78, 5) is 21.6. The van der Waals surface area contributed by atoms with Crippen LogP contribution in [0.1, 0.15) is 0 Å². The molecule has 2 aromatic rings. The van der Waals surface area contributed by atoms with E-state index in [2.05, 4.69) is 33.0 Å². The molecule has 98 valence electrons. The number of hydrogen-bond donors (Lipinski definition) is 1. The van der Waals surface area contributed by atoms with E-state index in [4.69, 9.17) is 0 Å². The Morgan fingerprint density at radius 2 is 2.11 bits per heavy atom. The van der Waals surface area contributed by atoms with Gasteiger partial charge in [-0.3, -0.25) is 19.6 Å². The zero-order valence-electron chi connectivity index (χ0n) is 9.62. The molecule has 7 nitrogen and oxygen atoms in total. The predicted molar refractivity (Wildman–Crippen MR) is 76.7 cm³/mol. The number of nitro groups is 1. The number of nitrogens with zero attached hydrogens (tertiary/aromatic N) is 3. The van der Waals surface area contributed by atoms with E-state index in [9.17, 15) is 14.9 Å². The number of rotatable bonds is 4. The number of amides is 1. The van der Waals surface area contributed by atoms with Crippen LogP contribution in [0.15, 0.2) is 36.7 Å². The Morgan fingerprint density at radius 3 is 2.68 bits per heavy atom. The normalized spacial score (nSPS) is 10.2. The summed E-state index contributed by atoms with van der Waals surface area (Å²) >= 11 is 2.17. The van der Waals surface area contributed by atoms with Crippen LogP contribution in [0, 0.1) is 13.7 Å². The van der Waals surface area contributed by atoms with Gasteiger partial charge >= 0.3 is 5.69 Å². The molecule has 1 aromatic carbocycles. The standard InChI is InChI=1S/C11H9IN4O3/c12-8-1-3-9(4-2-8)14-11(17)7-15-6-10(5-13-15)16(18)19/h1-6H,7H2,(H,14,17). The summed E-state index contributed by atoms with van der Waals surface area (Å²) < 4.78 is 2.29. The Bertz CT molecular complexity index is 609. The lowest BCUT2D eigenvalue weighted by atomic mass is 10.3. The lowest BCUT2D eigenvalue weighted by Crippen LogP contribution is -2.18. The highest BCUT2D eigenvalue weighted by Crippen LogP contribution is 2.11. The predicted octanol–water partition coefficient (Wildman–Crippen LogP) is 2.03. The summed E-state index contributed by atoms with van der Waals surface area (Å²) in [6.07, 6.45) is 2.33. The molecule has 0 unspecified atom stereocenters. The molecule has 1 N–H and O–H groups in total. The Kier molecular flexibility index (Phi) is 4.10. The van der Waals surface area contributed by atoms with Crippen molar-refractivity contribution in [3.63, 3.8) is 0 Å². The number of nitrogens with one attached hydrogen (secondary N) is 1. The first-order chi connectivity index (χ1) is 9.04. The van der Waals surface area contributed by atoms with E-state index in [0.29, 0.717) is 5.69 Å². The van der Waals surface area contributed by atoms with Crippen molar-refractivity contribution in [2.24, 2.45) is 0 Å². The van der Waals surface area contributed by atoms with Gasteiger partial charge in [0.2, 0.25) is 5.91 Å². The molecule has 0 bridgehead atoms. The van der Waals surface area contributed by atoms with Crippen LogP contribution in [0.4, 0.5) is 11.4 Å². The number of anilines is 1. The Morgan fingerprint density at radius 1 is 1.42 bits per heavy atom. The van der Waals surface area contributed by atoms with Crippen LogP contribution in [0.3, 0.4) is 0 Å². The van der Waals surface area contributed by atoms with Gasteiger partial charge in [0.15, 0.2) is 0 Å². The molecule has 19 heavy (non-hydrogen) atoms. The highest BCUT2D eigenvalue weighted by atomic mass is 127. The van der Waals surface area contributed by atoms with Crippen LogP contribution >= 0.6 is 22.6 Å². The molecule has 0 spiro atoms. The monoisotopic (exact) mass is 372 g/mol. The van der Waals surface area contributed by atoms with Gasteiger partial charge in [-0.2, -0.15) is 5.10 Å². The van der Waals surface area contributed by atoms with Gasteiger partial charge < -0.3 is 5.32 Å². The van der Waals surface area contributed by atoms with Crippen LogP contribution in [-0.2, 0) is 11.3 Å². The second-order valence-corrected chi connectivity index (χ2v) is 4.95. The molecule has 1 aromatic heterocycles. The third-order valence-electron chi connectivity index (χ3n) is 2.26. The van der Waals surface area contributed by atoms with Crippen molar-refractivity contribution < 1.29 is 9.72 Å². The molecule has 1 heterocycles. The van der Waals surface area contributed by atoms with Gasteiger partial charge in [0.05, 0.1) is 4.92 Å². The first kappa shape index (κ1) is 13.5. The number of aromatic nitrogens is 2. The molecule has 2 rings (SSSR count). The lowest BCUT2D eigenvalue weighted by Gasteiger charge is -2.04. The van der Waals surface area contributed by atoms with Crippen molar-refractivity contribution in [1.82, 2.24) is 9.78 Å². The van der Waals surface area contributed by atoms with E-state index >= 15 is 0 Å². The molecule has 0 aliphatic heterocycles. The molecular weight excluding hydrogens is 363 g/mol. The topological polar surface area (TPSA) is 90.1 Å². The van der Waals surface area contributed by atoms with Crippen LogP contribution < -0.4 is 5.32 Å². The lowest BCUT2D eigenvalue weighted by molar-refractivity contribution is -0.385. The van der Waals surface area contributed by atoms with Gasteiger partial charge in [0, 0.05) is 9.26 Å². The van der Waals surface area contributed by atoms with Crippen molar-refractivity contribution in [2.45, 2.75) is 6.54 Å². The number of benzene rings is 1. The summed E-state index contributed by atoms with van der Waals surface area (Å²) in [5.41, 5.74) is 0.536. The third-order valence-corrected chi connectivity index (χ3v) is 2.98. The van der Waals surface area contributed by atoms with Crippen LogP contribution in [0.2, 0.25) is 0 Å². The van der Waals surface area contributed by atoms with Crippen LogP contribution in [0.25, 0.3) is 0 Å². The molecule has 0 radical (unpaired) electrons. The van der Waals surface area contributed by atoms with Crippen molar-refractivity contribution >= 4 is 39.9 Å². The molecule has 8 heteroatoms. The fourth-order valence-corrected chi connectivity index (χ4v) is 1.77. The molecule has 0 aliphatic rings. The van der Waals surface area contributed by atoms with E-state index in [-0.39, 0.29) is 18.1 Å². The second kappa shape index (κ2) is 5.78. The van der Waals surface area contributed by atoms with Gasteiger partial charge in [0.1, 0.15) is 18.9 Å². The minimum Gasteiger partial charge on any atom is -0.324 e. The van der Waals surface area contributed by atoms with Gasteiger partial charge in [-0.25, -0.2) is 0 Å². The van der Waals surface area contributed by atoms with E-state index in [1.54, 1.807) is 12.1 Å². The molecule has 1 amide bonds. The van der Waals surface area contributed by atoms with Gasteiger partial charge in [-0.1, -0.05) is 0 Å². The average Bonchev–Trinajstić information content (AvgIpc) is 2.80. The first-order valence-electron chi connectivity index (χ1n) is 5.27. The SMILES string of the molecule is O=C(Cn1cc([N+](=O)[O-])cn1)Nc1ccc(I)cc1. The fraction of sp³-hybridized carbons (Fsp3) is 0.0909. The first-order valence-corrected chi connectivity index (χ1v) is 6.35. The third kappa shape index (κ3) is 3.74. The van der Waals surface area contributed by atoms with E-state index < -0.39 is 4.92 Å². The van der Waals surface area contributed by atoms with E-state index in [1.807, 2.05) is 12.1 Å². The summed E-state index contributed by atoms with van der Waals surface area (Å²) in [7, 11) is 0. The maximum atomic E-state index is 11.7. The van der Waals surface area contributed by atoms with E-state index in [0.717, 1.165) is 9.77 Å². The van der Waals surface area contributed by atoms with Crippen molar-refractivity contribution in [3.8, 4) is 0 Å². The van der Waals surface area contributed by atoms with Gasteiger partial charge in [0.25, 0.3) is 0 Å². The van der Waals surface area contributed by atoms with Crippen LogP contribution in [-0.4, -0.2) is 20.6 Å². The summed E-state index contributed by atoms with van der Waals surface area (Å²) in [5, 5.41) is 16.9. The summed E-state index contributed by atoms with van der Waals surface area (Å²) in [6, 6.07) is 7.31. The molecular formula is C11H9IN4O3. The fourth-order valence-electron chi connectivity index (χ4n) is 1.41. The highest BCUT2D eigenvalue weighted by molar-refractivity contribution is 14.1. The number of halogens is 1. The minimum absolute atomic E-state index is 0.0696. The maximum Gasteiger partial charge on any atom is 0.307 e. The van der Waals surface area contributed by atoms with Crippen molar-refractivity contribution in [3.05, 3.63) is 50.3 Å². The Balaban J connectivity index is 1.97. The zero-order chi connectivity index (χ0) is 13.8. The molecule has 0 saturated carbocycles. The smallest absolute Gasteiger partial charge is 0.307 e. The van der Waals surface area contributed by atoms with Gasteiger partial charge in [-0.15, -0.1) is 0 Å². The van der Waals surface area contributed by atoms with E-state index in [1.165, 1.54) is 10.9 Å². The largest absolute Gasteiger partial charge is 0.324 e. The quantitative estimate of drug-likeness (QED) is 0.505. The Labute approximate surface area is 121 Å². The molecule has 0 fully saturated rings. The van der Waals surface area contributed by atoms with Crippen LogP contribution in [0.5, 0.6) is 0 Å². The van der Waals surface area contributed by atoms with Crippen molar-refractivity contribution in [2.75, 3.05) is 5.32 Å². The summed E-state index contributed by atoms with van der Waals surface area (Å²) in [6.45, 7) is -0.0696. The average molecular weight is 372 g/mol. The second-order valence-electron chi connectivity index (χ2n) is 3.71. The number of hydrogen-bond acceptors (Lipinski definition) is 4. The molecule has 0 aliphatic carbocycles. The summed E-state index contributed by atoms with van der Waals surface area (Å²) in [5.74, 6) is -0.292. The molecule has 0 atom stereocenters.